The van der Waals surface area contributed by atoms with Gasteiger partial charge in [-0.2, -0.15) is 0 Å². The predicted octanol–water partition coefficient (Wildman–Crippen LogP) is 21.2. The lowest BCUT2D eigenvalue weighted by atomic mass is 10.0. The van der Waals surface area contributed by atoms with E-state index in [1.165, 1.54) is 173 Å². The van der Waals surface area contributed by atoms with Crippen LogP contribution >= 0.6 is 0 Å². The van der Waals surface area contributed by atoms with Gasteiger partial charge in [0, 0.05) is 19.3 Å². The molecule has 6 heteroatoms. The molecule has 72 heavy (non-hydrogen) atoms. The van der Waals surface area contributed by atoms with Crippen molar-refractivity contribution in [2.45, 2.75) is 329 Å². The Morgan fingerprint density at radius 2 is 0.542 bits per heavy atom. The lowest BCUT2D eigenvalue weighted by Gasteiger charge is -2.18. The van der Waals surface area contributed by atoms with Crippen LogP contribution in [-0.2, 0) is 28.6 Å². The summed E-state index contributed by atoms with van der Waals surface area (Å²) in [7, 11) is 0. The SMILES string of the molecule is CC/C=C\C/C=C\C/C=C\C/C=C\C/C=C\CCCCCCCC(=O)OC(COC(=O)CCCCCCCCCCCC)COC(=O)CCCCCCCCCCCCCCCCCCCCCCCCC. The number of esters is 3. The molecule has 1 unspecified atom stereocenters. The highest BCUT2D eigenvalue weighted by molar-refractivity contribution is 5.71. The summed E-state index contributed by atoms with van der Waals surface area (Å²) in [5.74, 6) is -0.882. The van der Waals surface area contributed by atoms with Crippen LogP contribution in [-0.4, -0.2) is 37.2 Å². The number of ether oxygens (including phenoxy) is 3. The third-order valence-electron chi connectivity index (χ3n) is 13.8. The Labute approximate surface area is 447 Å². The molecule has 418 valence electrons. The van der Waals surface area contributed by atoms with Gasteiger partial charge in [-0.05, 0) is 64.2 Å². The van der Waals surface area contributed by atoms with Crippen molar-refractivity contribution in [3.05, 3.63) is 60.8 Å². The largest absolute Gasteiger partial charge is 0.462 e. The Bertz CT molecular complexity index is 1290. The van der Waals surface area contributed by atoms with Crippen LogP contribution in [0, 0.1) is 0 Å². The summed E-state index contributed by atoms with van der Waals surface area (Å²) >= 11 is 0. The topological polar surface area (TPSA) is 78.9 Å². The highest BCUT2D eigenvalue weighted by Gasteiger charge is 2.19. The lowest BCUT2D eigenvalue weighted by Crippen LogP contribution is -2.30. The van der Waals surface area contributed by atoms with Crippen LogP contribution in [0.5, 0.6) is 0 Å². The average Bonchev–Trinajstić information content (AvgIpc) is 3.38. The molecule has 0 aromatic rings. The van der Waals surface area contributed by atoms with Crippen LogP contribution in [0.2, 0.25) is 0 Å². The van der Waals surface area contributed by atoms with Crippen LogP contribution in [0.3, 0.4) is 0 Å². The Hall–Kier alpha value is -2.89. The first-order valence-corrected chi connectivity index (χ1v) is 31.3. The number of hydrogen-bond donors (Lipinski definition) is 0. The van der Waals surface area contributed by atoms with Crippen molar-refractivity contribution in [3.8, 4) is 0 Å². The molecule has 0 aliphatic rings. The van der Waals surface area contributed by atoms with E-state index in [2.05, 4.69) is 81.5 Å². The monoisotopic (exact) mass is 1010 g/mol. The Balaban J connectivity index is 4.26. The summed E-state index contributed by atoms with van der Waals surface area (Å²) < 4.78 is 16.9. The van der Waals surface area contributed by atoms with Crippen molar-refractivity contribution in [1.29, 1.82) is 0 Å². The normalized spacial score (nSPS) is 12.4. The zero-order chi connectivity index (χ0) is 52.2. The molecule has 0 aliphatic carbocycles. The molecule has 0 N–H and O–H groups in total. The molecule has 0 aromatic carbocycles. The average molecular weight is 1010 g/mol. The smallest absolute Gasteiger partial charge is 0.306 e. The minimum atomic E-state index is -0.782. The molecule has 1 atom stereocenters. The summed E-state index contributed by atoms with van der Waals surface area (Å²) in [4.78, 5) is 38.2. The summed E-state index contributed by atoms with van der Waals surface area (Å²) in [6, 6.07) is 0. The van der Waals surface area contributed by atoms with E-state index in [1.54, 1.807) is 0 Å². The molecular formula is C66H118O6. The highest BCUT2D eigenvalue weighted by Crippen LogP contribution is 2.17. The van der Waals surface area contributed by atoms with Crippen molar-refractivity contribution < 1.29 is 28.6 Å². The maximum atomic E-state index is 12.9. The molecule has 0 bridgehead atoms. The summed E-state index contributed by atoms with van der Waals surface area (Å²) in [6.07, 6.45) is 76.6. The summed E-state index contributed by atoms with van der Waals surface area (Å²) in [6.45, 7) is 6.54. The first-order valence-electron chi connectivity index (χ1n) is 31.3. The molecule has 0 fully saturated rings. The molecule has 0 rings (SSSR count). The molecule has 0 saturated carbocycles. The summed E-state index contributed by atoms with van der Waals surface area (Å²) in [5, 5.41) is 0. The van der Waals surface area contributed by atoms with Crippen molar-refractivity contribution >= 4 is 17.9 Å². The van der Waals surface area contributed by atoms with Crippen LogP contribution in [0.15, 0.2) is 60.8 Å². The minimum absolute atomic E-state index is 0.0781. The third kappa shape index (κ3) is 58.0. The molecule has 0 aromatic heterocycles. The Morgan fingerprint density at radius 1 is 0.292 bits per heavy atom. The van der Waals surface area contributed by atoms with Gasteiger partial charge in [0.2, 0.25) is 0 Å². The van der Waals surface area contributed by atoms with E-state index in [1.807, 2.05) is 0 Å². The maximum Gasteiger partial charge on any atom is 0.306 e. The number of allylic oxidation sites excluding steroid dienone is 10. The number of rotatable bonds is 57. The molecule has 0 heterocycles. The lowest BCUT2D eigenvalue weighted by molar-refractivity contribution is -0.167. The zero-order valence-electron chi connectivity index (χ0n) is 47.9. The van der Waals surface area contributed by atoms with E-state index in [0.29, 0.717) is 19.3 Å². The number of carbonyl (C=O) groups is 3. The van der Waals surface area contributed by atoms with E-state index in [0.717, 1.165) is 109 Å². The minimum Gasteiger partial charge on any atom is -0.462 e. The van der Waals surface area contributed by atoms with E-state index < -0.39 is 6.10 Å². The van der Waals surface area contributed by atoms with Crippen LogP contribution in [0.25, 0.3) is 0 Å². The van der Waals surface area contributed by atoms with E-state index >= 15 is 0 Å². The van der Waals surface area contributed by atoms with Crippen molar-refractivity contribution in [2.24, 2.45) is 0 Å². The summed E-state index contributed by atoms with van der Waals surface area (Å²) in [5.41, 5.74) is 0. The molecule has 0 amide bonds. The van der Waals surface area contributed by atoms with Crippen molar-refractivity contribution in [1.82, 2.24) is 0 Å². The van der Waals surface area contributed by atoms with Gasteiger partial charge >= 0.3 is 17.9 Å². The number of unbranched alkanes of at least 4 members (excludes halogenated alkanes) is 36. The molecule has 6 nitrogen and oxygen atoms in total. The van der Waals surface area contributed by atoms with E-state index in [-0.39, 0.29) is 31.1 Å². The van der Waals surface area contributed by atoms with Crippen LogP contribution < -0.4 is 0 Å². The van der Waals surface area contributed by atoms with E-state index in [4.69, 9.17) is 14.2 Å². The molecular weight excluding hydrogens is 889 g/mol. The quantitative estimate of drug-likeness (QED) is 0.0261. The molecule has 0 aliphatic heterocycles. The van der Waals surface area contributed by atoms with Gasteiger partial charge < -0.3 is 14.2 Å². The van der Waals surface area contributed by atoms with Gasteiger partial charge in [0.15, 0.2) is 6.10 Å². The standard InChI is InChI=1S/C66H118O6/c1-4-7-10-13-16-19-22-24-26-28-30-32-33-35-36-38-40-42-44-47-50-53-56-59-65(68)71-62-63(61-70-64(67)58-55-52-49-46-21-18-15-12-9-6-3)72-66(69)60-57-54-51-48-45-43-41-39-37-34-31-29-27-25-23-20-17-14-11-8-5-2/h8,11,17,20,25,27,31,34,39,41,63H,4-7,9-10,12-16,18-19,21-24,26,28-30,32-33,35-38,40,42-62H2,1-3H3/b11-8-,20-17-,27-25-,34-31-,41-39-. The predicted molar refractivity (Wildman–Crippen MR) is 312 cm³/mol. The van der Waals surface area contributed by atoms with Gasteiger partial charge in [-0.25, -0.2) is 0 Å². The first-order chi connectivity index (χ1) is 35.5. The van der Waals surface area contributed by atoms with Gasteiger partial charge in [-0.15, -0.1) is 0 Å². The van der Waals surface area contributed by atoms with Gasteiger partial charge in [0.05, 0.1) is 0 Å². The molecule has 0 radical (unpaired) electrons. The van der Waals surface area contributed by atoms with Gasteiger partial charge in [0.25, 0.3) is 0 Å². The zero-order valence-corrected chi connectivity index (χ0v) is 47.9. The molecule has 0 spiro atoms. The van der Waals surface area contributed by atoms with Gasteiger partial charge in [0.1, 0.15) is 13.2 Å². The van der Waals surface area contributed by atoms with Gasteiger partial charge in [-0.3, -0.25) is 14.4 Å². The fraction of sp³-hybridized carbons (Fsp3) is 0.803. The second-order valence-electron chi connectivity index (χ2n) is 21.0. The van der Waals surface area contributed by atoms with E-state index in [9.17, 15) is 14.4 Å². The first kappa shape index (κ1) is 69.1. The number of hydrogen-bond acceptors (Lipinski definition) is 6. The molecule has 0 saturated heterocycles. The second kappa shape index (κ2) is 60.7. The fourth-order valence-corrected chi connectivity index (χ4v) is 9.12. The number of carbonyl (C=O) groups excluding carboxylic acids is 3. The second-order valence-corrected chi connectivity index (χ2v) is 21.0. The van der Waals surface area contributed by atoms with Crippen molar-refractivity contribution in [2.75, 3.05) is 13.2 Å². The Morgan fingerprint density at radius 3 is 0.847 bits per heavy atom. The van der Waals surface area contributed by atoms with Crippen LogP contribution in [0.1, 0.15) is 323 Å². The van der Waals surface area contributed by atoms with Crippen molar-refractivity contribution in [3.63, 3.8) is 0 Å². The van der Waals surface area contributed by atoms with Crippen LogP contribution in [0.4, 0.5) is 0 Å². The fourth-order valence-electron chi connectivity index (χ4n) is 9.12. The highest BCUT2D eigenvalue weighted by atomic mass is 16.6. The Kier molecular flexibility index (Phi) is 58.2. The van der Waals surface area contributed by atoms with Gasteiger partial charge in [-0.1, -0.05) is 300 Å². The maximum absolute atomic E-state index is 12.9. The third-order valence-corrected chi connectivity index (χ3v) is 13.8.